The highest BCUT2D eigenvalue weighted by molar-refractivity contribution is 5.95. The average Bonchev–Trinajstić information content (AvgIpc) is 3.65. The van der Waals surface area contributed by atoms with Gasteiger partial charge in [0, 0.05) is 35.8 Å². The van der Waals surface area contributed by atoms with Crippen LogP contribution in [-0.4, -0.2) is 28.5 Å². The molecule has 6 rings (SSSR count). The first-order valence-electron chi connectivity index (χ1n) is 12.6. The second kappa shape index (κ2) is 9.64. The van der Waals surface area contributed by atoms with Crippen LogP contribution in [0.25, 0.3) is 22.8 Å². The monoisotopic (exact) mass is 489 g/mol. The summed E-state index contributed by atoms with van der Waals surface area (Å²) in [5, 5.41) is 17.6. The van der Waals surface area contributed by atoms with E-state index in [1.54, 1.807) is 12.1 Å². The summed E-state index contributed by atoms with van der Waals surface area (Å²) >= 11 is 0. The SMILES string of the molecule is CC(C)Oc1ccc(-c2nc(-c3cccc4c3CC[C@@H]4NCC3=Nc4ccccc4C3)no2)cc1C#N. The van der Waals surface area contributed by atoms with Crippen LogP contribution in [0.4, 0.5) is 5.69 Å². The lowest BCUT2D eigenvalue weighted by Crippen LogP contribution is -2.26. The van der Waals surface area contributed by atoms with Crippen molar-refractivity contribution >= 4 is 11.4 Å². The Labute approximate surface area is 215 Å². The number of hydrogen-bond acceptors (Lipinski definition) is 7. The van der Waals surface area contributed by atoms with Crippen LogP contribution < -0.4 is 10.1 Å². The third-order valence-corrected chi connectivity index (χ3v) is 6.86. The Morgan fingerprint density at radius 1 is 1.14 bits per heavy atom. The molecule has 2 aliphatic rings. The van der Waals surface area contributed by atoms with Gasteiger partial charge in [0.1, 0.15) is 11.8 Å². The number of nitrogens with one attached hydrogen (secondary N) is 1. The number of aliphatic imine (C=N–C) groups is 1. The maximum atomic E-state index is 9.57. The van der Waals surface area contributed by atoms with Gasteiger partial charge in [-0.25, -0.2) is 0 Å². The lowest BCUT2D eigenvalue weighted by Gasteiger charge is -2.14. The zero-order valence-electron chi connectivity index (χ0n) is 20.9. The molecule has 1 aliphatic heterocycles. The topological polar surface area (TPSA) is 96.3 Å². The summed E-state index contributed by atoms with van der Waals surface area (Å²) in [6, 6.07) is 22.4. The highest BCUT2D eigenvalue weighted by atomic mass is 16.5. The molecule has 0 bridgehead atoms. The third-order valence-electron chi connectivity index (χ3n) is 6.86. The van der Waals surface area contributed by atoms with Crippen molar-refractivity contribution in [2.24, 2.45) is 4.99 Å². The molecule has 7 nitrogen and oxygen atoms in total. The lowest BCUT2D eigenvalue weighted by atomic mass is 10.0. The lowest BCUT2D eigenvalue weighted by molar-refractivity contribution is 0.241. The van der Waals surface area contributed by atoms with Crippen molar-refractivity contribution < 1.29 is 9.26 Å². The van der Waals surface area contributed by atoms with E-state index in [1.807, 2.05) is 32.0 Å². The number of ether oxygens (including phenoxy) is 1. The Morgan fingerprint density at radius 2 is 2.03 bits per heavy atom. The zero-order valence-corrected chi connectivity index (χ0v) is 20.9. The molecule has 0 amide bonds. The highest BCUT2D eigenvalue weighted by Crippen LogP contribution is 2.38. The second-order valence-corrected chi connectivity index (χ2v) is 9.74. The molecule has 0 unspecified atom stereocenters. The quantitative estimate of drug-likeness (QED) is 0.344. The molecule has 1 atom stereocenters. The number of aromatic nitrogens is 2. The molecular formula is C30H27N5O2. The molecule has 0 spiro atoms. The van der Waals surface area contributed by atoms with E-state index in [9.17, 15) is 5.26 Å². The number of para-hydroxylation sites is 1. The van der Waals surface area contributed by atoms with Crippen LogP contribution in [0.15, 0.2) is 70.2 Å². The molecule has 1 N–H and O–H groups in total. The van der Waals surface area contributed by atoms with Gasteiger partial charge in [0.05, 0.1) is 17.4 Å². The standard InChI is InChI=1S/C30H27N5O2/c1-18(2)36-28-13-10-20(14-21(28)16-31)30-34-29(35-37-30)25-8-5-7-24-23(25)11-12-27(24)32-17-22-15-19-6-3-4-9-26(19)33-22/h3-10,13-14,18,27,32H,11-12,15,17H2,1-2H3/t27-/m0/s1. The summed E-state index contributed by atoms with van der Waals surface area (Å²) in [7, 11) is 0. The van der Waals surface area contributed by atoms with Gasteiger partial charge in [-0.3, -0.25) is 4.99 Å². The van der Waals surface area contributed by atoms with Crippen molar-refractivity contribution in [1.29, 1.82) is 5.26 Å². The molecule has 0 saturated carbocycles. The fourth-order valence-corrected chi connectivity index (χ4v) is 5.18. The molecule has 2 heterocycles. The number of benzene rings is 3. The normalized spacial score (nSPS) is 15.8. The summed E-state index contributed by atoms with van der Waals surface area (Å²) in [6.07, 6.45) is 2.85. The molecule has 184 valence electrons. The van der Waals surface area contributed by atoms with E-state index in [0.717, 1.165) is 37.1 Å². The molecule has 0 fully saturated rings. The van der Waals surface area contributed by atoms with E-state index in [2.05, 4.69) is 51.9 Å². The van der Waals surface area contributed by atoms with Crippen LogP contribution >= 0.6 is 0 Å². The second-order valence-electron chi connectivity index (χ2n) is 9.74. The molecule has 1 aromatic heterocycles. The Bertz CT molecular complexity index is 1550. The van der Waals surface area contributed by atoms with Crippen LogP contribution in [0.3, 0.4) is 0 Å². The minimum atomic E-state index is -0.0195. The Kier molecular flexibility index (Phi) is 6.03. The van der Waals surface area contributed by atoms with E-state index in [-0.39, 0.29) is 12.1 Å². The van der Waals surface area contributed by atoms with Gasteiger partial charge in [0.25, 0.3) is 5.89 Å². The van der Waals surface area contributed by atoms with Crippen LogP contribution in [-0.2, 0) is 12.8 Å². The van der Waals surface area contributed by atoms with E-state index >= 15 is 0 Å². The fourth-order valence-electron chi connectivity index (χ4n) is 5.18. The summed E-state index contributed by atoms with van der Waals surface area (Å²) in [5.41, 5.74) is 8.21. The third kappa shape index (κ3) is 4.52. The van der Waals surface area contributed by atoms with Crippen molar-refractivity contribution in [2.75, 3.05) is 6.54 Å². The van der Waals surface area contributed by atoms with E-state index < -0.39 is 0 Å². The fraction of sp³-hybridized carbons (Fsp3) is 0.267. The Balaban J connectivity index is 1.20. The van der Waals surface area contributed by atoms with Crippen LogP contribution in [0.1, 0.15) is 48.6 Å². The van der Waals surface area contributed by atoms with Crippen LogP contribution in [0.2, 0.25) is 0 Å². The van der Waals surface area contributed by atoms with Gasteiger partial charge in [-0.05, 0) is 67.6 Å². The molecule has 7 heteroatoms. The first-order chi connectivity index (χ1) is 18.1. The van der Waals surface area contributed by atoms with Gasteiger partial charge in [-0.2, -0.15) is 10.2 Å². The maximum Gasteiger partial charge on any atom is 0.258 e. The smallest absolute Gasteiger partial charge is 0.258 e. The predicted octanol–water partition coefficient (Wildman–Crippen LogP) is 5.97. The maximum absolute atomic E-state index is 9.57. The minimum absolute atomic E-state index is 0.0195. The van der Waals surface area contributed by atoms with Gasteiger partial charge < -0.3 is 14.6 Å². The first kappa shape index (κ1) is 23.1. The average molecular weight is 490 g/mol. The van der Waals surface area contributed by atoms with Crippen LogP contribution in [0, 0.1) is 11.3 Å². The van der Waals surface area contributed by atoms with Gasteiger partial charge in [-0.1, -0.05) is 41.6 Å². The largest absolute Gasteiger partial charge is 0.490 e. The van der Waals surface area contributed by atoms with Gasteiger partial charge in [-0.15, -0.1) is 0 Å². The zero-order chi connectivity index (χ0) is 25.4. The summed E-state index contributed by atoms with van der Waals surface area (Å²) in [5.74, 6) is 1.49. The van der Waals surface area contributed by atoms with Crippen molar-refractivity contribution in [3.05, 3.63) is 82.9 Å². The summed E-state index contributed by atoms with van der Waals surface area (Å²) in [4.78, 5) is 9.47. The predicted molar refractivity (Wildman–Crippen MR) is 142 cm³/mol. The van der Waals surface area contributed by atoms with E-state index in [4.69, 9.17) is 14.3 Å². The molecule has 0 saturated heterocycles. The first-order valence-corrected chi connectivity index (χ1v) is 12.6. The number of hydrogen-bond donors (Lipinski definition) is 1. The van der Waals surface area contributed by atoms with Crippen molar-refractivity contribution in [1.82, 2.24) is 15.5 Å². The Morgan fingerprint density at radius 3 is 2.86 bits per heavy atom. The van der Waals surface area contributed by atoms with Crippen molar-refractivity contribution in [3.8, 4) is 34.7 Å². The molecule has 4 aromatic rings. The molecule has 37 heavy (non-hydrogen) atoms. The van der Waals surface area contributed by atoms with Gasteiger partial charge in [0.15, 0.2) is 0 Å². The highest BCUT2D eigenvalue weighted by Gasteiger charge is 2.27. The number of nitrogens with zero attached hydrogens (tertiary/aromatic N) is 4. The number of nitriles is 1. The van der Waals surface area contributed by atoms with Crippen molar-refractivity contribution in [2.45, 2.75) is 45.3 Å². The van der Waals surface area contributed by atoms with E-state index in [0.29, 0.717) is 28.6 Å². The Hall–Kier alpha value is -4.28. The minimum Gasteiger partial charge on any atom is -0.490 e. The van der Waals surface area contributed by atoms with Crippen molar-refractivity contribution in [3.63, 3.8) is 0 Å². The van der Waals surface area contributed by atoms with Gasteiger partial charge in [0.2, 0.25) is 5.82 Å². The molecule has 1 aliphatic carbocycles. The van der Waals surface area contributed by atoms with Gasteiger partial charge >= 0.3 is 0 Å². The van der Waals surface area contributed by atoms with E-state index in [1.165, 1.54) is 22.4 Å². The number of fused-ring (bicyclic) bond motifs is 2. The number of rotatable bonds is 7. The summed E-state index contributed by atoms with van der Waals surface area (Å²) in [6.45, 7) is 4.63. The summed E-state index contributed by atoms with van der Waals surface area (Å²) < 4.78 is 11.3. The molecule has 0 radical (unpaired) electrons. The molecule has 3 aromatic carbocycles. The van der Waals surface area contributed by atoms with Crippen LogP contribution in [0.5, 0.6) is 5.75 Å². The molecular weight excluding hydrogens is 462 g/mol.